The number of ether oxygens (including phenoxy) is 3. The Labute approximate surface area is 315 Å². The van der Waals surface area contributed by atoms with Gasteiger partial charge in [0.2, 0.25) is 0 Å². The molecular formula is C39H31F6N3O8. The molecule has 0 aliphatic carbocycles. The van der Waals surface area contributed by atoms with Crippen molar-refractivity contribution in [3.63, 3.8) is 0 Å². The number of hydrogen-bond donors (Lipinski definition) is 1. The molecule has 1 N–H and O–H groups in total. The normalized spacial score (nSPS) is 11.0. The molecule has 0 unspecified atom stereocenters. The number of esters is 2. The molecule has 0 aliphatic heterocycles. The number of benzene rings is 5. The molecule has 0 radical (unpaired) electrons. The van der Waals surface area contributed by atoms with Crippen molar-refractivity contribution in [1.29, 1.82) is 0 Å². The van der Waals surface area contributed by atoms with E-state index in [2.05, 4.69) is 14.8 Å². The highest BCUT2D eigenvalue weighted by molar-refractivity contribution is 5.91. The maximum atomic E-state index is 13.2. The molecule has 292 valence electrons. The number of nitrogens with one attached hydrogen (secondary N) is 1. The molecule has 0 aliphatic rings. The Hall–Kier alpha value is -6.91. The molecule has 11 nitrogen and oxygen atoms in total. The molecule has 0 fully saturated rings. The van der Waals surface area contributed by atoms with E-state index in [9.17, 15) is 50.8 Å². The van der Waals surface area contributed by atoms with Gasteiger partial charge in [-0.25, -0.2) is 14.4 Å². The molecule has 0 saturated heterocycles. The predicted molar refractivity (Wildman–Crippen MR) is 191 cm³/mol. The number of amides is 1. The van der Waals surface area contributed by atoms with Gasteiger partial charge in [-0.15, -0.1) is 0 Å². The van der Waals surface area contributed by atoms with Gasteiger partial charge in [-0.2, -0.15) is 26.3 Å². The third kappa shape index (κ3) is 11.8. The zero-order chi connectivity index (χ0) is 41.0. The van der Waals surface area contributed by atoms with E-state index in [4.69, 9.17) is 4.74 Å². The maximum Gasteiger partial charge on any atom is 0.420 e. The Morgan fingerprint density at radius 3 is 1.68 bits per heavy atom. The fourth-order valence-corrected chi connectivity index (χ4v) is 4.84. The summed E-state index contributed by atoms with van der Waals surface area (Å²) in [7, 11) is 2.52. The van der Waals surface area contributed by atoms with Crippen LogP contribution < -0.4 is 15.0 Å². The quantitative estimate of drug-likeness (QED) is 0.0635. The van der Waals surface area contributed by atoms with E-state index in [0.29, 0.717) is 23.4 Å². The van der Waals surface area contributed by atoms with E-state index >= 15 is 0 Å². The lowest BCUT2D eigenvalue weighted by Gasteiger charge is -2.23. The lowest BCUT2D eigenvalue weighted by atomic mass is 10.1. The summed E-state index contributed by atoms with van der Waals surface area (Å²) >= 11 is 0. The third-order valence-corrected chi connectivity index (χ3v) is 7.74. The Morgan fingerprint density at radius 1 is 0.679 bits per heavy atom. The van der Waals surface area contributed by atoms with E-state index in [0.717, 1.165) is 52.9 Å². The molecule has 1 amide bonds. The number of anilines is 2. The summed E-state index contributed by atoms with van der Waals surface area (Å²) < 4.78 is 92.0. The summed E-state index contributed by atoms with van der Waals surface area (Å²) in [4.78, 5) is 47.0. The number of alkyl halides is 6. The van der Waals surface area contributed by atoms with Crippen LogP contribution in [0.4, 0.5) is 48.2 Å². The van der Waals surface area contributed by atoms with Crippen LogP contribution in [-0.2, 0) is 34.9 Å². The molecule has 0 aromatic heterocycles. The van der Waals surface area contributed by atoms with E-state index in [1.807, 2.05) is 0 Å². The van der Waals surface area contributed by atoms with Crippen LogP contribution in [-0.4, -0.2) is 37.2 Å². The van der Waals surface area contributed by atoms with Gasteiger partial charge in [0.1, 0.15) is 5.75 Å². The van der Waals surface area contributed by atoms with Crippen molar-refractivity contribution >= 4 is 35.1 Å². The topological polar surface area (TPSA) is 137 Å². The molecule has 5 aromatic rings. The van der Waals surface area contributed by atoms with Crippen molar-refractivity contribution in [3.8, 4) is 5.75 Å². The van der Waals surface area contributed by atoms with Gasteiger partial charge in [0.05, 0.1) is 47.9 Å². The Balaban J connectivity index is 0.000000273. The molecule has 0 saturated carbocycles. The van der Waals surface area contributed by atoms with E-state index in [1.54, 1.807) is 30.3 Å². The van der Waals surface area contributed by atoms with E-state index in [-0.39, 0.29) is 29.2 Å². The molecule has 0 heterocycles. The van der Waals surface area contributed by atoms with Crippen LogP contribution in [0.2, 0.25) is 0 Å². The molecular weight excluding hydrogens is 752 g/mol. The van der Waals surface area contributed by atoms with Crippen LogP contribution >= 0.6 is 0 Å². The standard InChI is InChI=1S/C23H17F3N2O6.C16H14F3NO2/c1-33-21(29)16-7-5-15(6-8-16)14-27(19-4-2-3-17(13-19)23(24,25)26)22(30)34-20-11-9-18(10-12-20)28(31)32;1-22-15(21)12-7-5-11(6-8-12)10-20-14-4-2-3-13(9-14)16(17,18)19/h2-13H,14H2,1H3;2-9,20H,10H2,1H3. The highest BCUT2D eigenvalue weighted by atomic mass is 19.4. The number of halogens is 6. The molecule has 5 aromatic carbocycles. The van der Waals surface area contributed by atoms with Gasteiger partial charge in [-0.05, 0) is 83.9 Å². The van der Waals surface area contributed by atoms with Gasteiger partial charge in [0.25, 0.3) is 5.69 Å². The molecule has 56 heavy (non-hydrogen) atoms. The third-order valence-electron chi connectivity index (χ3n) is 7.74. The van der Waals surface area contributed by atoms with E-state index in [1.165, 1.54) is 62.8 Å². The number of hydrogen-bond acceptors (Lipinski definition) is 9. The second-order valence-electron chi connectivity index (χ2n) is 11.6. The van der Waals surface area contributed by atoms with Crippen LogP contribution in [0.5, 0.6) is 5.75 Å². The molecule has 5 rings (SSSR count). The molecule has 0 atom stereocenters. The minimum Gasteiger partial charge on any atom is -0.465 e. The van der Waals surface area contributed by atoms with Gasteiger partial charge >= 0.3 is 30.4 Å². The summed E-state index contributed by atoms with van der Waals surface area (Å²) in [6, 6.07) is 26.4. The number of carbonyl (C=O) groups excluding carboxylic acids is 3. The first-order valence-corrected chi connectivity index (χ1v) is 16.1. The average Bonchev–Trinajstić information content (AvgIpc) is 3.19. The molecule has 0 bridgehead atoms. The van der Waals surface area contributed by atoms with Gasteiger partial charge < -0.3 is 19.5 Å². The minimum absolute atomic E-state index is 0.0337. The van der Waals surface area contributed by atoms with Crippen molar-refractivity contribution in [2.24, 2.45) is 0 Å². The summed E-state index contributed by atoms with van der Waals surface area (Å²) in [5, 5.41) is 13.7. The number of non-ortho nitro benzene ring substituents is 1. The number of nitrogens with zero attached hydrogens (tertiary/aromatic N) is 2. The number of rotatable bonds is 10. The Bertz CT molecular complexity index is 2140. The second-order valence-corrected chi connectivity index (χ2v) is 11.6. The summed E-state index contributed by atoms with van der Waals surface area (Å²) in [5.41, 5.74) is 0.426. The zero-order valence-electron chi connectivity index (χ0n) is 29.4. The van der Waals surface area contributed by atoms with Gasteiger partial charge in [0.15, 0.2) is 0 Å². The summed E-state index contributed by atoms with van der Waals surface area (Å²) in [5.74, 6) is -1.04. The van der Waals surface area contributed by atoms with Gasteiger partial charge in [-0.1, -0.05) is 36.4 Å². The van der Waals surface area contributed by atoms with Crippen molar-refractivity contribution < 1.29 is 59.9 Å². The Morgan fingerprint density at radius 2 is 1.18 bits per heavy atom. The van der Waals surface area contributed by atoms with Crippen LogP contribution in [0.15, 0.2) is 121 Å². The smallest absolute Gasteiger partial charge is 0.420 e. The summed E-state index contributed by atoms with van der Waals surface area (Å²) in [6.45, 7) is 0.164. The van der Waals surface area contributed by atoms with Crippen molar-refractivity contribution in [3.05, 3.63) is 165 Å². The Kier molecular flexibility index (Phi) is 13.8. The lowest BCUT2D eigenvalue weighted by Crippen LogP contribution is -2.33. The largest absolute Gasteiger partial charge is 0.465 e. The fraction of sp³-hybridized carbons (Fsp3) is 0.154. The number of methoxy groups -OCH3 is 2. The highest BCUT2D eigenvalue weighted by Gasteiger charge is 2.32. The number of nitro benzene ring substituents is 1. The van der Waals surface area contributed by atoms with E-state index < -0.39 is 46.4 Å². The van der Waals surface area contributed by atoms with Crippen molar-refractivity contribution in [1.82, 2.24) is 0 Å². The van der Waals surface area contributed by atoms with Crippen molar-refractivity contribution in [2.45, 2.75) is 25.4 Å². The highest BCUT2D eigenvalue weighted by Crippen LogP contribution is 2.33. The minimum atomic E-state index is -4.63. The average molecular weight is 784 g/mol. The molecule has 17 heteroatoms. The van der Waals surface area contributed by atoms with Crippen LogP contribution in [0.3, 0.4) is 0 Å². The molecule has 0 spiro atoms. The maximum absolute atomic E-state index is 13.2. The second kappa shape index (κ2) is 18.4. The van der Waals surface area contributed by atoms with Crippen LogP contribution in [0, 0.1) is 10.1 Å². The SMILES string of the molecule is COC(=O)c1ccc(CN(C(=O)Oc2ccc([N+](=O)[O-])cc2)c2cccc(C(F)(F)F)c2)cc1.COC(=O)c1ccc(CNc2cccc(C(F)(F)F)c2)cc1. The number of carbonyl (C=O) groups is 3. The first kappa shape index (κ1) is 41.8. The van der Waals surface area contributed by atoms with Crippen molar-refractivity contribution in [2.75, 3.05) is 24.4 Å². The monoisotopic (exact) mass is 783 g/mol. The fourth-order valence-electron chi connectivity index (χ4n) is 4.84. The number of nitro groups is 1. The first-order chi connectivity index (χ1) is 26.5. The first-order valence-electron chi connectivity index (χ1n) is 16.1. The van der Waals surface area contributed by atoms with Gasteiger partial charge in [0, 0.05) is 30.1 Å². The van der Waals surface area contributed by atoms with Crippen LogP contribution in [0.1, 0.15) is 43.0 Å². The van der Waals surface area contributed by atoms with Gasteiger partial charge in [-0.3, -0.25) is 15.0 Å². The lowest BCUT2D eigenvalue weighted by molar-refractivity contribution is -0.384. The zero-order valence-corrected chi connectivity index (χ0v) is 29.4. The predicted octanol–water partition coefficient (Wildman–Crippen LogP) is 9.71. The summed E-state index contributed by atoms with van der Waals surface area (Å²) in [6.07, 6.45) is -10.0. The van der Waals surface area contributed by atoms with Crippen LogP contribution in [0.25, 0.3) is 0 Å².